The van der Waals surface area contributed by atoms with Crippen LogP contribution in [0.3, 0.4) is 0 Å². The Kier molecular flexibility index (Phi) is 6.01. The highest BCUT2D eigenvalue weighted by molar-refractivity contribution is 5.96. The van der Waals surface area contributed by atoms with Gasteiger partial charge in [0.05, 0.1) is 0 Å². The normalized spacial score (nSPS) is 14.6. The number of likely N-dealkylation sites (tertiary alicyclic amines) is 1. The van der Waals surface area contributed by atoms with E-state index in [0.29, 0.717) is 38.0 Å². The molecule has 1 aliphatic rings. The number of hydrogen-bond donors (Lipinski definition) is 0. The molecular formula is C22H23FN2O2. The van der Waals surface area contributed by atoms with Crippen LogP contribution in [0.25, 0.3) is 0 Å². The number of piperidine rings is 1. The zero-order chi connectivity index (χ0) is 19.2. The number of carbonyl (C=O) groups is 2. The van der Waals surface area contributed by atoms with E-state index >= 15 is 0 Å². The second kappa shape index (κ2) is 8.62. The van der Waals surface area contributed by atoms with Gasteiger partial charge in [-0.05, 0) is 49.2 Å². The Morgan fingerprint density at radius 2 is 1.70 bits per heavy atom. The smallest absolute Gasteiger partial charge is 0.253 e. The Balaban J connectivity index is 1.63. The molecule has 5 heteroatoms. The van der Waals surface area contributed by atoms with Crippen LogP contribution in [0.1, 0.15) is 23.2 Å². The molecule has 2 aromatic carbocycles. The van der Waals surface area contributed by atoms with E-state index in [0.717, 1.165) is 5.69 Å². The van der Waals surface area contributed by atoms with Gasteiger partial charge in [-0.25, -0.2) is 4.39 Å². The molecule has 27 heavy (non-hydrogen) atoms. The number of anilines is 1. The highest BCUT2D eigenvalue weighted by Gasteiger charge is 2.30. The fraction of sp³-hybridized carbons (Fsp3) is 0.273. The predicted octanol–water partition coefficient (Wildman–Crippen LogP) is 3.90. The number of halogens is 1. The largest absolute Gasteiger partial charge is 0.339 e. The molecule has 0 aromatic heterocycles. The van der Waals surface area contributed by atoms with Crippen LogP contribution in [0.5, 0.6) is 0 Å². The number of benzene rings is 2. The molecular weight excluding hydrogens is 343 g/mol. The van der Waals surface area contributed by atoms with Gasteiger partial charge in [-0.1, -0.05) is 24.3 Å². The third-order valence-corrected chi connectivity index (χ3v) is 4.87. The number of carbonyl (C=O) groups excluding carboxylic acids is 2. The monoisotopic (exact) mass is 366 g/mol. The molecule has 0 N–H and O–H groups in total. The average Bonchev–Trinajstić information content (AvgIpc) is 2.72. The van der Waals surface area contributed by atoms with Gasteiger partial charge < -0.3 is 9.80 Å². The first-order valence-electron chi connectivity index (χ1n) is 9.12. The van der Waals surface area contributed by atoms with Crippen LogP contribution in [-0.4, -0.2) is 36.3 Å². The SMILES string of the molecule is C=CCN(C(=O)C1CCN(C(=O)c2ccc(F)cc2)CC1)c1ccccc1. The van der Waals surface area contributed by atoms with Gasteiger partial charge in [-0.3, -0.25) is 9.59 Å². The van der Waals surface area contributed by atoms with E-state index in [9.17, 15) is 14.0 Å². The number of para-hydroxylation sites is 1. The summed E-state index contributed by atoms with van der Waals surface area (Å²) < 4.78 is 13.0. The standard InChI is InChI=1S/C22H23FN2O2/c1-2-14-25(20-6-4-3-5-7-20)22(27)18-12-15-24(16-13-18)21(26)17-8-10-19(23)11-9-17/h2-11,18H,1,12-16H2. The van der Waals surface area contributed by atoms with Crippen LogP contribution in [0.2, 0.25) is 0 Å². The van der Waals surface area contributed by atoms with E-state index in [-0.39, 0.29) is 23.5 Å². The summed E-state index contributed by atoms with van der Waals surface area (Å²) in [7, 11) is 0. The fourth-order valence-electron chi connectivity index (χ4n) is 3.38. The van der Waals surface area contributed by atoms with Crippen molar-refractivity contribution in [3.8, 4) is 0 Å². The van der Waals surface area contributed by atoms with Crippen LogP contribution in [0.4, 0.5) is 10.1 Å². The predicted molar refractivity (Wildman–Crippen MR) is 104 cm³/mol. The van der Waals surface area contributed by atoms with Gasteiger partial charge in [-0.2, -0.15) is 0 Å². The summed E-state index contributed by atoms with van der Waals surface area (Å²) in [6.45, 7) is 5.25. The fourth-order valence-corrected chi connectivity index (χ4v) is 3.38. The molecule has 0 bridgehead atoms. The van der Waals surface area contributed by atoms with Crippen LogP contribution in [-0.2, 0) is 4.79 Å². The maximum absolute atomic E-state index is 13.0. The van der Waals surface area contributed by atoms with Gasteiger partial charge in [0, 0.05) is 36.8 Å². The minimum atomic E-state index is -0.362. The molecule has 2 aromatic rings. The van der Waals surface area contributed by atoms with Crippen LogP contribution < -0.4 is 4.90 Å². The summed E-state index contributed by atoms with van der Waals surface area (Å²) in [4.78, 5) is 29.0. The van der Waals surface area contributed by atoms with E-state index in [4.69, 9.17) is 0 Å². The maximum atomic E-state index is 13.0. The molecule has 0 saturated carbocycles. The summed E-state index contributed by atoms with van der Waals surface area (Å²) in [6, 6.07) is 15.1. The Morgan fingerprint density at radius 1 is 1.07 bits per heavy atom. The highest BCUT2D eigenvalue weighted by atomic mass is 19.1. The van der Waals surface area contributed by atoms with Crippen molar-refractivity contribution in [3.05, 3.63) is 78.6 Å². The van der Waals surface area contributed by atoms with Crippen LogP contribution in [0.15, 0.2) is 67.3 Å². The summed E-state index contributed by atoms with van der Waals surface area (Å²) in [6.07, 6.45) is 2.95. The first-order valence-corrected chi connectivity index (χ1v) is 9.12. The third kappa shape index (κ3) is 4.42. The highest BCUT2D eigenvalue weighted by Crippen LogP contribution is 2.24. The quantitative estimate of drug-likeness (QED) is 0.753. The molecule has 0 radical (unpaired) electrons. The van der Waals surface area contributed by atoms with E-state index in [1.54, 1.807) is 15.9 Å². The molecule has 0 aliphatic carbocycles. The summed E-state index contributed by atoms with van der Waals surface area (Å²) >= 11 is 0. The number of rotatable bonds is 5. The molecule has 1 fully saturated rings. The van der Waals surface area contributed by atoms with E-state index in [1.165, 1.54) is 24.3 Å². The molecule has 0 spiro atoms. The minimum absolute atomic E-state index is 0.0648. The Bertz CT molecular complexity index is 797. The molecule has 1 aliphatic heterocycles. The summed E-state index contributed by atoms with van der Waals surface area (Å²) in [5.74, 6) is -0.539. The Labute approximate surface area is 158 Å². The Hall–Kier alpha value is -2.95. The van der Waals surface area contributed by atoms with Crippen molar-refractivity contribution >= 4 is 17.5 Å². The zero-order valence-electron chi connectivity index (χ0n) is 15.2. The van der Waals surface area contributed by atoms with E-state index in [1.807, 2.05) is 30.3 Å². The lowest BCUT2D eigenvalue weighted by atomic mass is 9.94. The van der Waals surface area contributed by atoms with E-state index < -0.39 is 0 Å². The van der Waals surface area contributed by atoms with Gasteiger partial charge in [-0.15, -0.1) is 6.58 Å². The van der Waals surface area contributed by atoms with Gasteiger partial charge in [0.15, 0.2) is 0 Å². The minimum Gasteiger partial charge on any atom is -0.339 e. The number of nitrogens with zero attached hydrogens (tertiary/aromatic N) is 2. The lowest BCUT2D eigenvalue weighted by Gasteiger charge is -2.34. The van der Waals surface area contributed by atoms with Gasteiger partial charge >= 0.3 is 0 Å². The lowest BCUT2D eigenvalue weighted by molar-refractivity contribution is -0.123. The van der Waals surface area contributed by atoms with E-state index in [2.05, 4.69) is 6.58 Å². The van der Waals surface area contributed by atoms with Crippen LogP contribution in [0, 0.1) is 11.7 Å². The molecule has 1 heterocycles. The van der Waals surface area contributed by atoms with Crippen molar-refractivity contribution in [2.45, 2.75) is 12.8 Å². The number of amides is 2. The van der Waals surface area contributed by atoms with Crippen molar-refractivity contribution in [2.24, 2.45) is 5.92 Å². The van der Waals surface area contributed by atoms with Gasteiger partial charge in [0.2, 0.25) is 5.91 Å². The van der Waals surface area contributed by atoms with Crippen molar-refractivity contribution in [3.63, 3.8) is 0 Å². The zero-order valence-corrected chi connectivity index (χ0v) is 15.2. The van der Waals surface area contributed by atoms with Crippen LogP contribution >= 0.6 is 0 Å². The average molecular weight is 366 g/mol. The van der Waals surface area contributed by atoms with Crippen molar-refractivity contribution < 1.29 is 14.0 Å². The summed E-state index contributed by atoms with van der Waals surface area (Å²) in [5, 5.41) is 0. The molecule has 1 saturated heterocycles. The molecule has 0 atom stereocenters. The molecule has 0 unspecified atom stereocenters. The summed E-state index contributed by atoms with van der Waals surface area (Å²) in [5.41, 5.74) is 1.32. The molecule has 3 rings (SSSR count). The molecule has 140 valence electrons. The second-order valence-electron chi connectivity index (χ2n) is 6.65. The topological polar surface area (TPSA) is 40.6 Å². The Morgan fingerprint density at radius 3 is 2.30 bits per heavy atom. The molecule has 4 nitrogen and oxygen atoms in total. The van der Waals surface area contributed by atoms with Gasteiger partial charge in [0.1, 0.15) is 5.82 Å². The third-order valence-electron chi connectivity index (χ3n) is 4.87. The molecule has 2 amide bonds. The second-order valence-corrected chi connectivity index (χ2v) is 6.65. The lowest BCUT2D eigenvalue weighted by Crippen LogP contribution is -2.44. The first kappa shape index (κ1) is 18.8. The van der Waals surface area contributed by atoms with Crippen molar-refractivity contribution in [1.29, 1.82) is 0 Å². The first-order chi connectivity index (χ1) is 13.1. The van der Waals surface area contributed by atoms with Crippen molar-refractivity contribution in [1.82, 2.24) is 4.90 Å². The van der Waals surface area contributed by atoms with Crippen molar-refractivity contribution in [2.75, 3.05) is 24.5 Å². The van der Waals surface area contributed by atoms with Gasteiger partial charge in [0.25, 0.3) is 5.91 Å². The number of hydrogen-bond acceptors (Lipinski definition) is 2. The maximum Gasteiger partial charge on any atom is 0.253 e.